The third-order valence-electron chi connectivity index (χ3n) is 4.73. The highest BCUT2D eigenvalue weighted by Gasteiger charge is 2.16. The van der Waals surface area contributed by atoms with Crippen LogP contribution in [0, 0.1) is 0 Å². The molecule has 28 heavy (non-hydrogen) atoms. The van der Waals surface area contributed by atoms with E-state index in [1.807, 2.05) is 30.3 Å². The number of benzene rings is 2. The van der Waals surface area contributed by atoms with Crippen LogP contribution in [0.2, 0.25) is 0 Å². The molecule has 0 fully saturated rings. The van der Waals surface area contributed by atoms with Gasteiger partial charge in [-0.05, 0) is 44.5 Å². The molecule has 0 bridgehead atoms. The van der Waals surface area contributed by atoms with Gasteiger partial charge in [0.25, 0.3) is 0 Å². The average molecular weight is 445 g/mol. The molecule has 0 unspecified atom stereocenters. The van der Waals surface area contributed by atoms with Crippen molar-refractivity contribution in [2.24, 2.45) is 0 Å². The quantitative estimate of drug-likeness (QED) is 0.433. The summed E-state index contributed by atoms with van der Waals surface area (Å²) in [6.07, 6.45) is 1.19. The zero-order chi connectivity index (χ0) is 20.1. The van der Waals surface area contributed by atoms with Gasteiger partial charge in [0.1, 0.15) is 18.1 Å². The Balaban J connectivity index is 1.86. The van der Waals surface area contributed by atoms with Gasteiger partial charge in [-0.3, -0.25) is 9.48 Å². The number of nitrogens with zero attached hydrogens (tertiary/aromatic N) is 2. The lowest BCUT2D eigenvalue weighted by Gasteiger charge is -2.11. The van der Waals surface area contributed by atoms with Crippen LogP contribution in [0.5, 0.6) is 5.75 Å². The summed E-state index contributed by atoms with van der Waals surface area (Å²) in [5.74, 6) is 0.422. The van der Waals surface area contributed by atoms with Gasteiger partial charge in [0, 0.05) is 21.5 Å². The summed E-state index contributed by atoms with van der Waals surface area (Å²) in [6.45, 7) is 6.82. The molecule has 0 saturated carbocycles. The number of fused-ring (bicyclic) bond motifs is 1. The van der Waals surface area contributed by atoms with Crippen LogP contribution in [0.3, 0.4) is 0 Å². The third kappa shape index (κ3) is 4.55. The van der Waals surface area contributed by atoms with Gasteiger partial charge in [-0.25, -0.2) is 0 Å². The Morgan fingerprint density at radius 3 is 2.75 bits per heavy atom. The SMILES string of the molecule is CCOC(=O)Cc1ccccc1OCc1nn([C@H](C)CC)c2ccc(Br)cc12. The van der Waals surface area contributed by atoms with E-state index >= 15 is 0 Å². The van der Waals surface area contributed by atoms with Gasteiger partial charge in [-0.15, -0.1) is 0 Å². The van der Waals surface area contributed by atoms with Crippen LogP contribution in [0.25, 0.3) is 10.9 Å². The van der Waals surface area contributed by atoms with Gasteiger partial charge in [-0.2, -0.15) is 5.10 Å². The molecule has 1 heterocycles. The standard InChI is InChI=1S/C22H25BrN2O3/c1-4-15(3)25-20-11-10-17(23)13-18(20)19(24-25)14-28-21-9-7-6-8-16(21)12-22(26)27-5-2/h6-11,13,15H,4-5,12,14H2,1-3H3/t15-/m1/s1. The van der Waals surface area contributed by atoms with Gasteiger partial charge in [0.15, 0.2) is 0 Å². The molecule has 6 heteroatoms. The average Bonchev–Trinajstić information content (AvgIpc) is 3.04. The topological polar surface area (TPSA) is 53.4 Å². The van der Waals surface area contributed by atoms with E-state index < -0.39 is 0 Å². The predicted molar refractivity (Wildman–Crippen MR) is 114 cm³/mol. The molecule has 3 aromatic rings. The summed E-state index contributed by atoms with van der Waals surface area (Å²) < 4.78 is 14.2. The normalized spacial score (nSPS) is 12.1. The Morgan fingerprint density at radius 1 is 1.21 bits per heavy atom. The predicted octanol–water partition coefficient (Wildman–Crippen LogP) is 5.45. The smallest absolute Gasteiger partial charge is 0.310 e. The first-order valence-corrected chi connectivity index (χ1v) is 10.4. The monoisotopic (exact) mass is 444 g/mol. The molecule has 0 aliphatic heterocycles. The maximum atomic E-state index is 11.9. The Morgan fingerprint density at radius 2 is 2.00 bits per heavy atom. The number of rotatable bonds is 8. The van der Waals surface area contributed by atoms with Crippen molar-refractivity contribution in [1.29, 1.82) is 0 Å². The number of halogens is 1. The molecule has 0 aliphatic rings. The molecule has 0 aliphatic carbocycles. The Hall–Kier alpha value is -2.34. The Kier molecular flexibility index (Phi) is 6.73. The molecule has 5 nitrogen and oxygen atoms in total. The highest BCUT2D eigenvalue weighted by Crippen LogP contribution is 2.28. The number of para-hydroxylation sites is 1. The van der Waals surface area contributed by atoms with E-state index in [0.29, 0.717) is 25.0 Å². The molecule has 148 valence electrons. The highest BCUT2D eigenvalue weighted by atomic mass is 79.9. The lowest BCUT2D eigenvalue weighted by molar-refractivity contribution is -0.142. The van der Waals surface area contributed by atoms with Crippen LogP contribution in [-0.4, -0.2) is 22.4 Å². The number of carbonyl (C=O) groups excluding carboxylic acids is 1. The molecule has 0 radical (unpaired) electrons. The van der Waals surface area contributed by atoms with Crippen molar-refractivity contribution in [2.45, 2.75) is 46.3 Å². The third-order valence-corrected chi connectivity index (χ3v) is 5.22. The Labute approximate surface area is 173 Å². The maximum Gasteiger partial charge on any atom is 0.310 e. The van der Waals surface area contributed by atoms with Crippen LogP contribution in [0.1, 0.15) is 44.5 Å². The summed E-state index contributed by atoms with van der Waals surface area (Å²) in [5.41, 5.74) is 2.78. The molecular formula is C22H25BrN2O3. The van der Waals surface area contributed by atoms with E-state index in [1.165, 1.54) is 0 Å². The summed E-state index contributed by atoms with van der Waals surface area (Å²) in [7, 11) is 0. The lowest BCUT2D eigenvalue weighted by Crippen LogP contribution is -2.09. The molecule has 0 amide bonds. The largest absolute Gasteiger partial charge is 0.487 e. The second-order valence-electron chi connectivity index (χ2n) is 6.69. The fraction of sp³-hybridized carbons (Fsp3) is 0.364. The van der Waals surface area contributed by atoms with E-state index in [4.69, 9.17) is 14.6 Å². The van der Waals surface area contributed by atoms with E-state index in [-0.39, 0.29) is 12.4 Å². The van der Waals surface area contributed by atoms with Gasteiger partial charge in [0.2, 0.25) is 0 Å². The number of aromatic nitrogens is 2. The number of esters is 1. The van der Waals surface area contributed by atoms with Crippen molar-refractivity contribution in [2.75, 3.05) is 6.61 Å². The van der Waals surface area contributed by atoms with Crippen LogP contribution in [0.4, 0.5) is 0 Å². The van der Waals surface area contributed by atoms with Crippen molar-refractivity contribution in [3.05, 3.63) is 58.2 Å². The van der Waals surface area contributed by atoms with Crippen LogP contribution < -0.4 is 4.74 Å². The zero-order valence-electron chi connectivity index (χ0n) is 16.4. The molecule has 3 rings (SSSR count). The van der Waals surface area contributed by atoms with Gasteiger partial charge < -0.3 is 9.47 Å². The second-order valence-corrected chi connectivity index (χ2v) is 7.60. The first kappa shape index (κ1) is 20.4. The molecule has 2 aromatic carbocycles. The minimum absolute atomic E-state index is 0.192. The van der Waals surface area contributed by atoms with Crippen LogP contribution in [0.15, 0.2) is 46.9 Å². The molecule has 0 saturated heterocycles. The van der Waals surface area contributed by atoms with Crippen LogP contribution >= 0.6 is 15.9 Å². The lowest BCUT2D eigenvalue weighted by atomic mass is 10.1. The zero-order valence-corrected chi connectivity index (χ0v) is 18.0. The minimum Gasteiger partial charge on any atom is -0.487 e. The molecule has 0 N–H and O–H groups in total. The fourth-order valence-corrected chi connectivity index (χ4v) is 3.46. The first-order valence-electron chi connectivity index (χ1n) is 9.56. The summed E-state index contributed by atoms with van der Waals surface area (Å²) >= 11 is 3.55. The Bertz CT molecular complexity index is 968. The second kappa shape index (κ2) is 9.24. The van der Waals surface area contributed by atoms with Crippen molar-refractivity contribution in [1.82, 2.24) is 9.78 Å². The van der Waals surface area contributed by atoms with Gasteiger partial charge in [0.05, 0.1) is 18.5 Å². The number of carbonyl (C=O) groups is 1. The van der Waals surface area contributed by atoms with E-state index in [0.717, 1.165) is 33.1 Å². The highest BCUT2D eigenvalue weighted by molar-refractivity contribution is 9.10. The number of hydrogen-bond acceptors (Lipinski definition) is 4. The molecule has 1 atom stereocenters. The number of hydrogen-bond donors (Lipinski definition) is 0. The van der Waals surface area contributed by atoms with E-state index in [1.54, 1.807) is 6.92 Å². The summed E-state index contributed by atoms with van der Waals surface area (Å²) in [4.78, 5) is 11.9. The van der Waals surface area contributed by atoms with Gasteiger partial charge >= 0.3 is 5.97 Å². The fourth-order valence-electron chi connectivity index (χ4n) is 3.10. The van der Waals surface area contributed by atoms with E-state index in [2.05, 4.69) is 46.6 Å². The molecule has 0 spiro atoms. The van der Waals surface area contributed by atoms with Gasteiger partial charge in [-0.1, -0.05) is 41.1 Å². The molecule has 1 aromatic heterocycles. The van der Waals surface area contributed by atoms with Crippen molar-refractivity contribution in [3.63, 3.8) is 0 Å². The maximum absolute atomic E-state index is 11.9. The summed E-state index contributed by atoms with van der Waals surface area (Å²) in [5, 5.41) is 5.88. The number of ether oxygens (including phenoxy) is 2. The first-order chi connectivity index (χ1) is 13.5. The van der Waals surface area contributed by atoms with Crippen molar-refractivity contribution in [3.8, 4) is 5.75 Å². The van der Waals surface area contributed by atoms with Crippen molar-refractivity contribution < 1.29 is 14.3 Å². The van der Waals surface area contributed by atoms with E-state index in [9.17, 15) is 4.79 Å². The summed E-state index contributed by atoms with van der Waals surface area (Å²) in [6, 6.07) is 14.0. The minimum atomic E-state index is -0.256. The molecular weight excluding hydrogens is 420 g/mol. The van der Waals surface area contributed by atoms with Crippen LogP contribution in [-0.2, 0) is 22.6 Å². The van der Waals surface area contributed by atoms with Crippen molar-refractivity contribution >= 4 is 32.8 Å².